The van der Waals surface area contributed by atoms with Crippen LogP contribution in [0.3, 0.4) is 0 Å². The first-order chi connectivity index (χ1) is 6.16. The van der Waals surface area contributed by atoms with Gasteiger partial charge in [-0.2, -0.15) is 0 Å². The van der Waals surface area contributed by atoms with Crippen LogP contribution in [0.5, 0.6) is 0 Å². The molecule has 0 nitrogen and oxygen atoms in total. The Balaban J connectivity index is 2.31. The Morgan fingerprint density at radius 2 is 2.31 bits per heavy atom. The van der Waals surface area contributed by atoms with Gasteiger partial charge in [-0.05, 0) is 35.3 Å². The summed E-state index contributed by atoms with van der Waals surface area (Å²) >= 11 is 7.47. The fourth-order valence-corrected chi connectivity index (χ4v) is 4.61. The van der Waals surface area contributed by atoms with Gasteiger partial charge in [0.05, 0.1) is 4.88 Å². The number of thiophene rings is 1. The Labute approximate surface area is 95.6 Å². The Morgan fingerprint density at radius 1 is 1.54 bits per heavy atom. The van der Waals surface area contributed by atoms with Gasteiger partial charge in [-0.3, -0.25) is 0 Å². The van der Waals surface area contributed by atoms with Crippen molar-refractivity contribution in [3.8, 4) is 0 Å². The first-order valence-electron chi connectivity index (χ1n) is 4.30. The normalized spacial score (nSPS) is 22.1. The van der Waals surface area contributed by atoms with Crippen LogP contribution in [0.25, 0.3) is 4.91 Å². The molecule has 1 unspecified atom stereocenters. The lowest BCUT2D eigenvalue weighted by Crippen LogP contribution is -1.84. The second-order valence-corrected chi connectivity index (χ2v) is 6.86. The molecular weight excluding hydrogens is 264 g/mol. The molecule has 0 aliphatic carbocycles. The van der Waals surface area contributed by atoms with Crippen molar-refractivity contribution < 1.29 is 0 Å². The molecular formula is C10H11BrS2. The van der Waals surface area contributed by atoms with Crippen LogP contribution in [0.1, 0.15) is 23.1 Å². The molecule has 0 aromatic carbocycles. The molecule has 0 bridgehead atoms. The van der Waals surface area contributed by atoms with Gasteiger partial charge >= 0.3 is 0 Å². The maximum absolute atomic E-state index is 3.60. The summed E-state index contributed by atoms with van der Waals surface area (Å²) < 4.78 is 1.25. The molecule has 2 heterocycles. The largest absolute Gasteiger partial charge is 0.139 e. The maximum atomic E-state index is 3.60. The van der Waals surface area contributed by atoms with E-state index >= 15 is 0 Å². The van der Waals surface area contributed by atoms with E-state index in [1.54, 1.807) is 0 Å². The van der Waals surface area contributed by atoms with Gasteiger partial charge in [0, 0.05) is 19.5 Å². The van der Waals surface area contributed by atoms with Crippen LogP contribution in [0.2, 0.25) is 0 Å². The molecule has 13 heavy (non-hydrogen) atoms. The van der Waals surface area contributed by atoms with Crippen molar-refractivity contribution in [3.63, 3.8) is 0 Å². The molecule has 1 aliphatic rings. The van der Waals surface area contributed by atoms with E-state index in [4.69, 9.17) is 0 Å². The number of halogens is 1. The Hall–Kier alpha value is 0.270. The minimum atomic E-state index is 0.754. The van der Waals surface area contributed by atoms with Gasteiger partial charge in [0.1, 0.15) is 0 Å². The van der Waals surface area contributed by atoms with E-state index in [1.807, 2.05) is 23.1 Å². The fourth-order valence-electron chi connectivity index (χ4n) is 1.38. The van der Waals surface area contributed by atoms with Gasteiger partial charge in [0.15, 0.2) is 0 Å². The predicted octanol–water partition coefficient (Wildman–Crippen LogP) is 4.69. The molecule has 1 aromatic heterocycles. The van der Waals surface area contributed by atoms with Crippen LogP contribution >= 0.6 is 39.0 Å². The number of hydrogen-bond donors (Lipinski definition) is 0. The molecule has 0 amide bonds. The first kappa shape index (κ1) is 9.81. The van der Waals surface area contributed by atoms with E-state index in [0.29, 0.717) is 0 Å². The quantitative estimate of drug-likeness (QED) is 0.716. The number of aryl methyl sites for hydroxylation is 1. The molecule has 0 radical (unpaired) electrons. The van der Waals surface area contributed by atoms with Crippen molar-refractivity contribution in [1.82, 2.24) is 0 Å². The zero-order valence-electron chi connectivity index (χ0n) is 7.63. The Bertz CT molecular complexity index is 352. The van der Waals surface area contributed by atoms with Crippen molar-refractivity contribution in [3.05, 3.63) is 26.4 Å². The highest BCUT2D eigenvalue weighted by Crippen LogP contribution is 2.44. The van der Waals surface area contributed by atoms with Gasteiger partial charge in [-0.15, -0.1) is 23.1 Å². The standard InChI is InChI=1S/C10H11BrS2/c1-6-3-4-9(12-6)10-8(11)5-7(2)13-10/h4-6H,3H2,1-2H3. The lowest BCUT2D eigenvalue weighted by molar-refractivity contribution is 1.00. The molecule has 3 heteroatoms. The van der Waals surface area contributed by atoms with Gasteiger partial charge in [-0.25, -0.2) is 0 Å². The predicted molar refractivity (Wildman–Crippen MR) is 66.4 cm³/mol. The molecule has 0 spiro atoms. The van der Waals surface area contributed by atoms with E-state index in [-0.39, 0.29) is 0 Å². The van der Waals surface area contributed by atoms with Crippen molar-refractivity contribution in [1.29, 1.82) is 0 Å². The van der Waals surface area contributed by atoms with Crippen LogP contribution in [0, 0.1) is 6.92 Å². The summed E-state index contributed by atoms with van der Waals surface area (Å²) in [5.74, 6) is 0. The van der Waals surface area contributed by atoms with Crippen LogP contribution in [-0.2, 0) is 0 Å². The van der Waals surface area contributed by atoms with Gasteiger partial charge in [0.25, 0.3) is 0 Å². The minimum absolute atomic E-state index is 0.754. The molecule has 2 rings (SSSR count). The topological polar surface area (TPSA) is 0 Å². The summed E-state index contributed by atoms with van der Waals surface area (Å²) in [5.41, 5.74) is 0. The number of thioether (sulfide) groups is 1. The smallest absolute Gasteiger partial charge is 0.0547 e. The lowest BCUT2D eigenvalue weighted by Gasteiger charge is -2.01. The molecule has 0 N–H and O–H groups in total. The summed E-state index contributed by atoms with van der Waals surface area (Å²) in [7, 11) is 0. The van der Waals surface area contributed by atoms with Crippen molar-refractivity contribution in [2.24, 2.45) is 0 Å². The second kappa shape index (κ2) is 3.79. The van der Waals surface area contributed by atoms with Gasteiger partial charge in [-0.1, -0.05) is 13.0 Å². The molecule has 70 valence electrons. The van der Waals surface area contributed by atoms with Crippen LogP contribution in [0.4, 0.5) is 0 Å². The van der Waals surface area contributed by atoms with E-state index in [0.717, 1.165) is 5.25 Å². The number of rotatable bonds is 1. The fraction of sp³-hybridized carbons (Fsp3) is 0.400. The van der Waals surface area contributed by atoms with E-state index in [1.165, 1.54) is 25.6 Å². The zero-order valence-corrected chi connectivity index (χ0v) is 10.9. The van der Waals surface area contributed by atoms with Gasteiger partial charge in [0.2, 0.25) is 0 Å². The van der Waals surface area contributed by atoms with E-state index < -0.39 is 0 Å². The number of hydrogen-bond acceptors (Lipinski definition) is 2. The SMILES string of the molecule is Cc1cc(Br)c(C2=CCC(C)S2)s1. The highest BCUT2D eigenvalue weighted by Gasteiger charge is 2.18. The van der Waals surface area contributed by atoms with E-state index in [2.05, 4.69) is 41.9 Å². The molecule has 0 fully saturated rings. The van der Waals surface area contributed by atoms with Crippen molar-refractivity contribution in [2.45, 2.75) is 25.5 Å². The maximum Gasteiger partial charge on any atom is 0.0547 e. The summed E-state index contributed by atoms with van der Waals surface area (Å²) in [5, 5.41) is 0.754. The summed E-state index contributed by atoms with van der Waals surface area (Å²) in [6, 6.07) is 2.20. The van der Waals surface area contributed by atoms with E-state index in [9.17, 15) is 0 Å². The Morgan fingerprint density at radius 3 is 2.77 bits per heavy atom. The highest BCUT2D eigenvalue weighted by atomic mass is 79.9. The third-order valence-electron chi connectivity index (χ3n) is 2.00. The summed E-state index contributed by atoms with van der Waals surface area (Å²) in [4.78, 5) is 4.24. The van der Waals surface area contributed by atoms with Crippen LogP contribution in [-0.4, -0.2) is 5.25 Å². The average Bonchev–Trinajstić information content (AvgIpc) is 2.58. The van der Waals surface area contributed by atoms with Gasteiger partial charge < -0.3 is 0 Å². The third-order valence-corrected chi connectivity index (χ3v) is 5.32. The van der Waals surface area contributed by atoms with Crippen LogP contribution < -0.4 is 0 Å². The molecule has 0 saturated heterocycles. The summed E-state index contributed by atoms with van der Waals surface area (Å²) in [6.45, 7) is 4.44. The van der Waals surface area contributed by atoms with Crippen LogP contribution in [0.15, 0.2) is 16.6 Å². The molecule has 1 aliphatic heterocycles. The lowest BCUT2D eigenvalue weighted by atomic mass is 10.3. The van der Waals surface area contributed by atoms with Crippen molar-refractivity contribution in [2.75, 3.05) is 0 Å². The number of allylic oxidation sites excluding steroid dienone is 1. The monoisotopic (exact) mass is 274 g/mol. The second-order valence-electron chi connectivity index (χ2n) is 3.27. The van der Waals surface area contributed by atoms with Crippen molar-refractivity contribution >= 4 is 43.9 Å². The zero-order chi connectivity index (χ0) is 9.42. The summed E-state index contributed by atoms with van der Waals surface area (Å²) in [6.07, 6.45) is 3.56. The molecule has 0 saturated carbocycles. The first-order valence-corrected chi connectivity index (χ1v) is 6.79. The minimum Gasteiger partial charge on any atom is -0.139 e. The molecule has 1 aromatic rings. The Kier molecular flexibility index (Phi) is 2.86. The molecule has 1 atom stereocenters. The highest BCUT2D eigenvalue weighted by molar-refractivity contribution is 9.10. The average molecular weight is 275 g/mol. The third kappa shape index (κ3) is 2.03.